The molecule has 0 saturated heterocycles. The first-order valence-corrected chi connectivity index (χ1v) is 6.70. The molecular weight excluding hydrogens is 258 g/mol. The number of hydrogen-bond acceptors (Lipinski definition) is 5. The van der Waals surface area contributed by atoms with Gasteiger partial charge in [0, 0.05) is 6.54 Å². The molecule has 0 unspecified atom stereocenters. The van der Waals surface area contributed by atoms with Gasteiger partial charge in [-0.1, -0.05) is 26.0 Å². The van der Waals surface area contributed by atoms with Crippen LogP contribution in [-0.4, -0.2) is 50.2 Å². The number of rotatable bonds is 7. The zero-order chi connectivity index (χ0) is 15.0. The van der Waals surface area contributed by atoms with Crippen LogP contribution in [0.2, 0.25) is 0 Å². The summed E-state index contributed by atoms with van der Waals surface area (Å²) in [5.41, 5.74) is 0.460. The lowest BCUT2D eigenvalue weighted by molar-refractivity contribution is 0.0452. The quantitative estimate of drug-likeness (QED) is 0.714. The molecule has 0 aliphatic carbocycles. The van der Waals surface area contributed by atoms with Crippen molar-refractivity contribution in [2.75, 3.05) is 33.4 Å². The van der Waals surface area contributed by atoms with Crippen LogP contribution in [0.5, 0.6) is 0 Å². The minimum absolute atomic E-state index is 0.225. The predicted octanol–water partition coefficient (Wildman–Crippen LogP) is 1.97. The summed E-state index contributed by atoms with van der Waals surface area (Å²) >= 11 is 0. The summed E-state index contributed by atoms with van der Waals surface area (Å²) in [5, 5.41) is 0. The van der Waals surface area contributed by atoms with Crippen LogP contribution in [0.3, 0.4) is 0 Å². The third-order valence-corrected chi connectivity index (χ3v) is 3.09. The Kier molecular flexibility index (Phi) is 6.73. The largest absolute Gasteiger partial charge is 0.465 e. The molecule has 0 amide bonds. The zero-order valence-electron chi connectivity index (χ0n) is 12.2. The summed E-state index contributed by atoms with van der Waals surface area (Å²) in [6.45, 7) is 6.91. The van der Waals surface area contributed by atoms with E-state index < -0.39 is 11.9 Å². The van der Waals surface area contributed by atoms with Gasteiger partial charge in [-0.25, -0.2) is 9.59 Å². The highest BCUT2D eigenvalue weighted by atomic mass is 16.5. The van der Waals surface area contributed by atoms with Crippen LogP contribution in [0.4, 0.5) is 0 Å². The smallest absolute Gasteiger partial charge is 0.339 e. The number of esters is 2. The maximum Gasteiger partial charge on any atom is 0.339 e. The first-order chi connectivity index (χ1) is 9.63. The normalized spacial score (nSPS) is 10.4. The molecule has 0 heterocycles. The molecule has 0 radical (unpaired) electrons. The Hall–Kier alpha value is -1.88. The average molecular weight is 279 g/mol. The first-order valence-electron chi connectivity index (χ1n) is 6.70. The highest BCUT2D eigenvalue weighted by Crippen LogP contribution is 2.11. The Morgan fingerprint density at radius 3 is 2.10 bits per heavy atom. The van der Waals surface area contributed by atoms with Crippen molar-refractivity contribution in [2.24, 2.45) is 0 Å². The maximum absolute atomic E-state index is 12.0. The van der Waals surface area contributed by atoms with Crippen molar-refractivity contribution >= 4 is 11.9 Å². The van der Waals surface area contributed by atoms with Gasteiger partial charge >= 0.3 is 11.9 Å². The van der Waals surface area contributed by atoms with Gasteiger partial charge < -0.3 is 14.4 Å². The van der Waals surface area contributed by atoms with E-state index in [1.54, 1.807) is 24.3 Å². The Labute approximate surface area is 119 Å². The average Bonchev–Trinajstić information content (AvgIpc) is 2.50. The zero-order valence-corrected chi connectivity index (χ0v) is 12.2. The molecule has 0 spiro atoms. The third-order valence-electron chi connectivity index (χ3n) is 3.09. The number of methoxy groups -OCH3 is 1. The van der Waals surface area contributed by atoms with E-state index >= 15 is 0 Å². The van der Waals surface area contributed by atoms with Gasteiger partial charge in [-0.15, -0.1) is 0 Å². The van der Waals surface area contributed by atoms with Gasteiger partial charge in [0.1, 0.15) is 6.61 Å². The summed E-state index contributed by atoms with van der Waals surface area (Å²) in [5.74, 6) is -1.04. The molecule has 1 rings (SSSR count). The number of nitrogens with zero attached hydrogens (tertiary/aromatic N) is 1. The highest BCUT2D eigenvalue weighted by molar-refractivity contribution is 6.03. The van der Waals surface area contributed by atoms with Crippen LogP contribution < -0.4 is 0 Å². The maximum atomic E-state index is 12.0. The van der Waals surface area contributed by atoms with Gasteiger partial charge in [-0.2, -0.15) is 0 Å². The minimum Gasteiger partial charge on any atom is -0.465 e. The first kappa shape index (κ1) is 16.2. The summed E-state index contributed by atoms with van der Waals surface area (Å²) < 4.78 is 9.86. The van der Waals surface area contributed by atoms with E-state index in [0.29, 0.717) is 13.2 Å². The van der Waals surface area contributed by atoms with Crippen molar-refractivity contribution in [3.05, 3.63) is 35.4 Å². The Morgan fingerprint density at radius 1 is 1.05 bits per heavy atom. The number of carbonyl (C=O) groups is 2. The van der Waals surface area contributed by atoms with E-state index in [9.17, 15) is 9.59 Å². The van der Waals surface area contributed by atoms with Gasteiger partial charge in [-0.05, 0) is 25.2 Å². The van der Waals surface area contributed by atoms with Crippen molar-refractivity contribution < 1.29 is 19.1 Å². The minimum atomic E-state index is -0.540. The highest BCUT2D eigenvalue weighted by Gasteiger charge is 2.18. The molecule has 0 bridgehead atoms. The van der Waals surface area contributed by atoms with Gasteiger partial charge in [0.05, 0.1) is 18.2 Å². The summed E-state index contributed by atoms with van der Waals surface area (Å²) in [6.07, 6.45) is 0. The molecule has 1 aromatic rings. The number of benzene rings is 1. The van der Waals surface area contributed by atoms with Crippen molar-refractivity contribution in [3.63, 3.8) is 0 Å². The van der Waals surface area contributed by atoms with Crippen molar-refractivity contribution in [1.29, 1.82) is 0 Å². The molecule has 0 N–H and O–H groups in total. The standard InChI is InChI=1S/C15H21NO4/c1-4-16(5-2)10-11-20-15(18)13-9-7-6-8-12(13)14(17)19-3/h6-9H,4-5,10-11H2,1-3H3. The lowest BCUT2D eigenvalue weighted by atomic mass is 10.1. The second kappa shape index (κ2) is 8.32. The fourth-order valence-corrected chi connectivity index (χ4v) is 1.83. The van der Waals surface area contributed by atoms with Gasteiger partial charge in [0.2, 0.25) is 0 Å². The molecule has 0 saturated carbocycles. The van der Waals surface area contributed by atoms with Crippen molar-refractivity contribution in [1.82, 2.24) is 4.90 Å². The van der Waals surface area contributed by atoms with Crippen molar-refractivity contribution in [3.8, 4) is 0 Å². The van der Waals surface area contributed by atoms with E-state index in [2.05, 4.69) is 23.5 Å². The molecule has 0 atom stereocenters. The molecule has 110 valence electrons. The lowest BCUT2D eigenvalue weighted by Crippen LogP contribution is -2.28. The summed E-state index contributed by atoms with van der Waals surface area (Å²) in [4.78, 5) is 25.7. The van der Waals surface area contributed by atoms with E-state index in [-0.39, 0.29) is 11.1 Å². The van der Waals surface area contributed by atoms with Crippen LogP contribution in [0.15, 0.2) is 24.3 Å². The molecule has 0 aromatic heterocycles. The van der Waals surface area contributed by atoms with Gasteiger partial charge in [0.15, 0.2) is 0 Å². The topological polar surface area (TPSA) is 55.8 Å². The van der Waals surface area contributed by atoms with Crippen molar-refractivity contribution in [2.45, 2.75) is 13.8 Å². The second-order valence-electron chi connectivity index (χ2n) is 4.20. The Morgan fingerprint density at radius 2 is 1.60 bits per heavy atom. The fraction of sp³-hybridized carbons (Fsp3) is 0.467. The lowest BCUT2D eigenvalue weighted by Gasteiger charge is -2.17. The molecule has 0 fully saturated rings. The fourth-order valence-electron chi connectivity index (χ4n) is 1.83. The SMILES string of the molecule is CCN(CC)CCOC(=O)c1ccccc1C(=O)OC. The predicted molar refractivity (Wildman–Crippen MR) is 75.9 cm³/mol. The van der Waals surface area contributed by atoms with E-state index in [1.807, 2.05) is 0 Å². The van der Waals surface area contributed by atoms with Crippen LogP contribution in [0, 0.1) is 0 Å². The van der Waals surface area contributed by atoms with E-state index in [4.69, 9.17) is 4.74 Å². The van der Waals surface area contributed by atoms with Crippen LogP contribution in [0.1, 0.15) is 34.6 Å². The molecular formula is C15H21NO4. The molecule has 5 nitrogen and oxygen atoms in total. The van der Waals surface area contributed by atoms with E-state index in [1.165, 1.54) is 7.11 Å². The molecule has 5 heteroatoms. The number of ether oxygens (including phenoxy) is 2. The second-order valence-corrected chi connectivity index (χ2v) is 4.20. The molecule has 1 aromatic carbocycles. The number of carbonyl (C=O) groups excluding carboxylic acids is 2. The number of hydrogen-bond donors (Lipinski definition) is 0. The van der Waals surface area contributed by atoms with Gasteiger partial charge in [0.25, 0.3) is 0 Å². The van der Waals surface area contributed by atoms with Crippen LogP contribution >= 0.6 is 0 Å². The van der Waals surface area contributed by atoms with E-state index in [0.717, 1.165) is 13.1 Å². The summed E-state index contributed by atoms with van der Waals surface area (Å²) in [7, 11) is 1.28. The molecule has 0 aliphatic heterocycles. The van der Waals surface area contributed by atoms with Crippen LogP contribution in [0.25, 0.3) is 0 Å². The summed E-state index contributed by atoms with van der Waals surface area (Å²) in [6, 6.07) is 6.48. The molecule has 0 aliphatic rings. The Bertz CT molecular complexity index is 455. The number of likely N-dealkylation sites (N-methyl/N-ethyl adjacent to an activating group) is 1. The third kappa shape index (κ3) is 4.35. The monoisotopic (exact) mass is 279 g/mol. The van der Waals surface area contributed by atoms with Gasteiger partial charge in [-0.3, -0.25) is 0 Å². The van der Waals surface area contributed by atoms with Crippen LogP contribution in [-0.2, 0) is 9.47 Å². The Balaban J connectivity index is 2.66. The molecule has 20 heavy (non-hydrogen) atoms.